The SMILES string of the molecule is CCC(C)(C)N(C(=O)C(CC(C)C)NC(=O)OC(C)(C)C)C(C(=O)Nc1ccccc1C)c1cccc(O)c1. The first-order chi connectivity index (χ1) is 18.1. The topological polar surface area (TPSA) is 108 Å². The summed E-state index contributed by atoms with van der Waals surface area (Å²) in [7, 11) is 0. The van der Waals surface area contributed by atoms with Crippen molar-refractivity contribution >= 4 is 23.6 Å². The quantitative estimate of drug-likeness (QED) is 0.327. The molecule has 2 rings (SSSR count). The zero-order valence-corrected chi connectivity index (χ0v) is 24.8. The van der Waals surface area contributed by atoms with Crippen LogP contribution < -0.4 is 10.6 Å². The van der Waals surface area contributed by atoms with Crippen LogP contribution in [-0.2, 0) is 14.3 Å². The second kappa shape index (κ2) is 13.0. The summed E-state index contributed by atoms with van der Waals surface area (Å²) in [5, 5.41) is 16.1. The molecular formula is C31H45N3O5. The summed E-state index contributed by atoms with van der Waals surface area (Å²) in [5.41, 5.74) is 0.421. The van der Waals surface area contributed by atoms with Crippen molar-refractivity contribution in [2.75, 3.05) is 5.32 Å². The molecule has 8 nitrogen and oxygen atoms in total. The molecular weight excluding hydrogens is 494 g/mol. The highest BCUT2D eigenvalue weighted by Gasteiger charge is 2.43. The summed E-state index contributed by atoms with van der Waals surface area (Å²) in [5.74, 6) is -0.783. The molecule has 0 fully saturated rings. The number of rotatable bonds is 10. The Morgan fingerprint density at radius 2 is 1.64 bits per heavy atom. The Balaban J connectivity index is 2.65. The first-order valence-corrected chi connectivity index (χ1v) is 13.5. The molecule has 39 heavy (non-hydrogen) atoms. The maximum atomic E-state index is 14.4. The van der Waals surface area contributed by atoms with E-state index in [-0.39, 0.29) is 11.7 Å². The first kappa shape index (κ1) is 31.7. The molecule has 2 atom stereocenters. The molecule has 0 bridgehead atoms. The predicted octanol–water partition coefficient (Wildman–Crippen LogP) is 6.34. The molecule has 3 N–H and O–H groups in total. The average Bonchev–Trinajstić information content (AvgIpc) is 2.81. The van der Waals surface area contributed by atoms with Gasteiger partial charge in [0.15, 0.2) is 0 Å². The molecule has 2 unspecified atom stereocenters. The fourth-order valence-corrected chi connectivity index (χ4v) is 4.28. The number of phenols is 1. The molecule has 0 saturated carbocycles. The van der Waals surface area contributed by atoms with E-state index >= 15 is 0 Å². The summed E-state index contributed by atoms with van der Waals surface area (Å²) >= 11 is 0. The molecule has 214 valence electrons. The number of para-hydroxylation sites is 1. The molecule has 8 heteroatoms. The summed E-state index contributed by atoms with van der Waals surface area (Å²) < 4.78 is 5.46. The van der Waals surface area contributed by atoms with E-state index in [9.17, 15) is 19.5 Å². The van der Waals surface area contributed by atoms with E-state index in [2.05, 4.69) is 10.6 Å². The van der Waals surface area contributed by atoms with Crippen LogP contribution in [0.2, 0.25) is 0 Å². The molecule has 0 heterocycles. The molecule has 0 saturated heterocycles. The molecule has 0 spiro atoms. The van der Waals surface area contributed by atoms with Crippen LogP contribution in [0.1, 0.15) is 85.4 Å². The van der Waals surface area contributed by atoms with Crippen molar-refractivity contribution in [1.82, 2.24) is 10.2 Å². The van der Waals surface area contributed by atoms with Gasteiger partial charge in [0.05, 0.1) is 0 Å². The minimum Gasteiger partial charge on any atom is -0.508 e. The molecule has 0 aliphatic carbocycles. The van der Waals surface area contributed by atoms with Crippen LogP contribution >= 0.6 is 0 Å². The Morgan fingerprint density at radius 3 is 2.18 bits per heavy atom. The number of hydrogen-bond donors (Lipinski definition) is 3. The van der Waals surface area contributed by atoms with Gasteiger partial charge in [-0.2, -0.15) is 0 Å². The maximum Gasteiger partial charge on any atom is 0.408 e. The average molecular weight is 540 g/mol. The number of carbonyl (C=O) groups is 3. The van der Waals surface area contributed by atoms with Gasteiger partial charge >= 0.3 is 6.09 Å². The largest absolute Gasteiger partial charge is 0.508 e. The Morgan fingerprint density at radius 1 is 1.00 bits per heavy atom. The summed E-state index contributed by atoms with van der Waals surface area (Å²) in [6.45, 7) is 16.8. The first-order valence-electron chi connectivity index (χ1n) is 13.5. The third-order valence-corrected chi connectivity index (χ3v) is 6.55. The van der Waals surface area contributed by atoms with Crippen molar-refractivity contribution in [3.05, 3.63) is 59.7 Å². The number of benzene rings is 2. The Kier molecular flexibility index (Phi) is 10.6. The zero-order chi connectivity index (χ0) is 29.5. The third kappa shape index (κ3) is 9.01. The number of amides is 3. The van der Waals surface area contributed by atoms with Crippen LogP contribution in [0.4, 0.5) is 10.5 Å². The molecule has 0 aromatic heterocycles. The van der Waals surface area contributed by atoms with Crippen LogP contribution in [0.3, 0.4) is 0 Å². The number of ether oxygens (including phenoxy) is 1. The number of nitrogens with one attached hydrogen (secondary N) is 2. The predicted molar refractivity (Wildman–Crippen MR) is 154 cm³/mol. The van der Waals surface area contributed by atoms with Gasteiger partial charge in [0.2, 0.25) is 5.91 Å². The van der Waals surface area contributed by atoms with Crippen molar-refractivity contribution in [3.63, 3.8) is 0 Å². The van der Waals surface area contributed by atoms with Gasteiger partial charge in [-0.05, 0) is 89.6 Å². The number of anilines is 1. The number of carbonyl (C=O) groups excluding carboxylic acids is 3. The lowest BCUT2D eigenvalue weighted by Crippen LogP contribution is -2.59. The van der Waals surface area contributed by atoms with Crippen molar-refractivity contribution < 1.29 is 24.2 Å². The fourth-order valence-electron chi connectivity index (χ4n) is 4.28. The van der Waals surface area contributed by atoms with Crippen LogP contribution in [-0.4, -0.2) is 45.1 Å². The number of alkyl carbamates (subject to hydrolysis) is 1. The lowest BCUT2D eigenvalue weighted by atomic mass is 9.90. The van der Waals surface area contributed by atoms with Gasteiger partial charge in [-0.15, -0.1) is 0 Å². The van der Waals surface area contributed by atoms with Crippen LogP contribution in [0.5, 0.6) is 5.75 Å². The van der Waals surface area contributed by atoms with Gasteiger partial charge in [-0.3, -0.25) is 9.59 Å². The van der Waals surface area contributed by atoms with Crippen molar-refractivity contribution in [2.45, 2.75) is 98.4 Å². The highest BCUT2D eigenvalue weighted by atomic mass is 16.6. The van der Waals surface area contributed by atoms with Gasteiger partial charge in [0.1, 0.15) is 23.4 Å². The monoisotopic (exact) mass is 539 g/mol. The standard InChI is InChI=1S/C31H45N3O5/c1-10-31(8,9)34(28(37)25(18-20(2)3)33-29(38)39-30(5,6)7)26(22-15-13-16-23(35)19-22)27(36)32-24-17-12-11-14-21(24)4/h11-17,19-20,25-26,35H,10,18H2,1-9H3,(H,32,36)(H,33,38). The van der Waals surface area contributed by atoms with E-state index in [1.165, 1.54) is 12.1 Å². The van der Waals surface area contributed by atoms with E-state index in [0.717, 1.165) is 5.56 Å². The zero-order valence-electron chi connectivity index (χ0n) is 24.8. The van der Waals surface area contributed by atoms with Crippen LogP contribution in [0.15, 0.2) is 48.5 Å². The third-order valence-electron chi connectivity index (χ3n) is 6.55. The van der Waals surface area contributed by atoms with Crippen LogP contribution in [0.25, 0.3) is 0 Å². The molecule has 0 radical (unpaired) electrons. The maximum absolute atomic E-state index is 14.4. The van der Waals surface area contributed by atoms with Crippen molar-refractivity contribution in [3.8, 4) is 5.75 Å². The number of hydrogen-bond acceptors (Lipinski definition) is 5. The van der Waals surface area contributed by atoms with Gasteiger partial charge in [-0.1, -0.05) is 51.1 Å². The van der Waals surface area contributed by atoms with E-state index in [1.54, 1.807) is 43.9 Å². The summed E-state index contributed by atoms with van der Waals surface area (Å²) in [4.78, 5) is 42.8. The molecule has 2 aromatic rings. The number of nitrogens with zero attached hydrogens (tertiary/aromatic N) is 1. The minimum absolute atomic E-state index is 0.0199. The Bertz CT molecular complexity index is 1150. The molecule has 2 aromatic carbocycles. The summed E-state index contributed by atoms with van der Waals surface area (Å²) in [6.07, 6.45) is 0.182. The highest BCUT2D eigenvalue weighted by Crippen LogP contribution is 2.35. The van der Waals surface area contributed by atoms with E-state index in [0.29, 0.717) is 24.1 Å². The molecule has 0 aliphatic rings. The number of aromatic hydroxyl groups is 1. The van der Waals surface area contributed by atoms with Gasteiger partial charge in [0, 0.05) is 11.2 Å². The second-order valence-electron chi connectivity index (χ2n) is 12.0. The van der Waals surface area contributed by atoms with Crippen molar-refractivity contribution in [1.29, 1.82) is 0 Å². The van der Waals surface area contributed by atoms with Crippen molar-refractivity contribution in [2.24, 2.45) is 5.92 Å². The smallest absolute Gasteiger partial charge is 0.408 e. The lowest BCUT2D eigenvalue weighted by Gasteiger charge is -2.44. The highest BCUT2D eigenvalue weighted by molar-refractivity contribution is 5.99. The normalized spacial score (nSPS) is 13.4. The van der Waals surface area contributed by atoms with Gasteiger partial charge in [-0.25, -0.2) is 4.79 Å². The lowest BCUT2D eigenvalue weighted by molar-refractivity contribution is -0.148. The minimum atomic E-state index is -1.09. The second-order valence-corrected chi connectivity index (χ2v) is 12.0. The molecule has 0 aliphatic heterocycles. The number of phenolic OH excluding ortho intramolecular Hbond substituents is 1. The molecule has 3 amide bonds. The van der Waals surface area contributed by atoms with Gasteiger partial charge < -0.3 is 25.4 Å². The number of aryl methyl sites for hydroxylation is 1. The van der Waals surface area contributed by atoms with Crippen LogP contribution in [0, 0.1) is 12.8 Å². The van der Waals surface area contributed by atoms with Gasteiger partial charge in [0.25, 0.3) is 5.91 Å². The fraction of sp³-hybridized carbons (Fsp3) is 0.516. The summed E-state index contributed by atoms with van der Waals surface area (Å²) in [6, 6.07) is 11.7. The van der Waals surface area contributed by atoms with E-state index in [1.807, 2.05) is 59.7 Å². The van der Waals surface area contributed by atoms with E-state index in [4.69, 9.17) is 4.74 Å². The Hall–Kier alpha value is -3.55. The Labute approximate surface area is 233 Å². The van der Waals surface area contributed by atoms with E-state index < -0.39 is 41.1 Å².